The molecule has 2 aromatic rings. The van der Waals surface area contributed by atoms with Gasteiger partial charge in [0.1, 0.15) is 66.1 Å². The molecule has 2 aliphatic rings. The molecule has 0 aliphatic carbocycles. The van der Waals surface area contributed by atoms with E-state index in [0.717, 1.165) is 5.56 Å². The number of phenolic OH excluding ortho intramolecular Hbond substituents is 2. The quantitative estimate of drug-likeness (QED) is 0.170. The Bertz CT molecular complexity index is 1100. The minimum absolute atomic E-state index is 0.0655. The fourth-order valence-electron chi connectivity index (χ4n) is 4.50. The first kappa shape index (κ1) is 30.1. The van der Waals surface area contributed by atoms with Crippen LogP contribution in [0, 0.1) is 0 Å². The zero-order valence-corrected chi connectivity index (χ0v) is 21.5. The van der Waals surface area contributed by atoms with Gasteiger partial charge in [0.15, 0.2) is 6.29 Å². The van der Waals surface area contributed by atoms with Gasteiger partial charge in [0.25, 0.3) is 0 Å². The number of ether oxygens (including phenoxy) is 5. The molecule has 8 N–H and O–H groups in total. The first-order valence-corrected chi connectivity index (χ1v) is 12.6. The number of hydrogen-bond acceptors (Lipinski definition) is 13. The lowest BCUT2D eigenvalue weighted by Crippen LogP contribution is -2.65. The second-order valence-electron chi connectivity index (χ2n) is 9.58. The predicted molar refractivity (Wildman–Crippen MR) is 137 cm³/mol. The SMILES string of the molecule is COCC1OC(Oc2ccc(/C=C/c3cc(O)cc(O)c3)cc2)C(O)C(O)C1OC1OC(CO)C(O)C(O)C1O. The minimum Gasteiger partial charge on any atom is -0.508 e. The molecular weight excluding hydrogens is 532 g/mol. The topological polar surface area (TPSA) is 208 Å². The van der Waals surface area contributed by atoms with Crippen LogP contribution in [0.4, 0.5) is 0 Å². The van der Waals surface area contributed by atoms with E-state index in [1.165, 1.54) is 25.3 Å². The van der Waals surface area contributed by atoms with E-state index in [1.807, 2.05) is 0 Å². The van der Waals surface area contributed by atoms with Gasteiger partial charge in [-0.2, -0.15) is 0 Å². The van der Waals surface area contributed by atoms with Crippen molar-refractivity contribution in [3.05, 3.63) is 53.6 Å². The maximum atomic E-state index is 10.9. The average molecular weight is 567 g/mol. The van der Waals surface area contributed by atoms with Crippen molar-refractivity contribution in [2.45, 2.75) is 61.4 Å². The molecule has 0 bridgehead atoms. The van der Waals surface area contributed by atoms with E-state index < -0.39 is 68.0 Å². The molecule has 0 radical (unpaired) electrons. The number of benzene rings is 2. The highest BCUT2D eigenvalue weighted by Crippen LogP contribution is 2.31. The van der Waals surface area contributed by atoms with Crippen LogP contribution in [0.2, 0.25) is 0 Å². The van der Waals surface area contributed by atoms with Gasteiger partial charge in [-0.05, 0) is 35.4 Å². The molecule has 0 aromatic heterocycles. The van der Waals surface area contributed by atoms with E-state index in [2.05, 4.69) is 0 Å². The van der Waals surface area contributed by atoms with Gasteiger partial charge in [-0.25, -0.2) is 0 Å². The zero-order chi connectivity index (χ0) is 29.0. The Morgan fingerprint density at radius 3 is 1.95 bits per heavy atom. The third-order valence-corrected chi connectivity index (χ3v) is 6.64. The summed E-state index contributed by atoms with van der Waals surface area (Å²) < 4.78 is 27.8. The molecule has 2 heterocycles. The van der Waals surface area contributed by atoms with Crippen LogP contribution in [0.3, 0.4) is 0 Å². The molecule has 13 heteroatoms. The number of methoxy groups -OCH3 is 1. The van der Waals surface area contributed by atoms with Crippen LogP contribution in [-0.4, -0.2) is 123 Å². The fourth-order valence-corrected chi connectivity index (χ4v) is 4.50. The molecule has 0 spiro atoms. The normalized spacial score (nSPS) is 34.7. The Hall–Kier alpha value is -2.82. The Labute approximate surface area is 229 Å². The van der Waals surface area contributed by atoms with Crippen LogP contribution in [0.15, 0.2) is 42.5 Å². The second-order valence-corrected chi connectivity index (χ2v) is 9.58. The van der Waals surface area contributed by atoms with Gasteiger partial charge in [0.05, 0.1) is 13.2 Å². The Kier molecular flexibility index (Phi) is 9.97. The van der Waals surface area contributed by atoms with Gasteiger partial charge in [0, 0.05) is 13.2 Å². The van der Waals surface area contributed by atoms with E-state index in [9.17, 15) is 40.9 Å². The lowest BCUT2D eigenvalue weighted by Gasteiger charge is -2.46. The predicted octanol–water partition coefficient (Wildman–Crippen LogP) is -1.07. The van der Waals surface area contributed by atoms with Crippen LogP contribution < -0.4 is 4.74 Å². The summed E-state index contributed by atoms with van der Waals surface area (Å²) in [6.07, 6.45) is -11.2. The third kappa shape index (κ3) is 6.90. The minimum atomic E-state index is -1.72. The summed E-state index contributed by atoms with van der Waals surface area (Å²) in [5.74, 6) is 0.182. The zero-order valence-electron chi connectivity index (χ0n) is 21.5. The summed E-state index contributed by atoms with van der Waals surface area (Å²) >= 11 is 0. The number of aliphatic hydroxyl groups excluding tert-OH is 6. The number of hydrogen-bond donors (Lipinski definition) is 8. The Balaban J connectivity index is 1.42. The first-order valence-electron chi connectivity index (χ1n) is 12.6. The maximum Gasteiger partial charge on any atom is 0.229 e. The van der Waals surface area contributed by atoms with Crippen LogP contribution >= 0.6 is 0 Å². The van der Waals surface area contributed by atoms with Crippen LogP contribution in [-0.2, 0) is 18.9 Å². The molecule has 40 heavy (non-hydrogen) atoms. The number of aromatic hydroxyl groups is 2. The van der Waals surface area contributed by atoms with Crippen molar-refractivity contribution >= 4 is 12.2 Å². The van der Waals surface area contributed by atoms with E-state index >= 15 is 0 Å². The van der Waals surface area contributed by atoms with Crippen molar-refractivity contribution in [2.75, 3.05) is 20.3 Å². The van der Waals surface area contributed by atoms with Gasteiger partial charge in [0.2, 0.25) is 6.29 Å². The first-order chi connectivity index (χ1) is 19.1. The smallest absolute Gasteiger partial charge is 0.229 e. The van der Waals surface area contributed by atoms with Crippen molar-refractivity contribution in [3.8, 4) is 17.2 Å². The van der Waals surface area contributed by atoms with Gasteiger partial charge < -0.3 is 64.5 Å². The van der Waals surface area contributed by atoms with Crippen molar-refractivity contribution in [1.82, 2.24) is 0 Å². The number of rotatable bonds is 9. The highest BCUT2D eigenvalue weighted by atomic mass is 16.7. The highest BCUT2D eigenvalue weighted by molar-refractivity contribution is 5.71. The summed E-state index contributed by atoms with van der Waals surface area (Å²) in [6, 6.07) is 10.9. The molecule has 2 fully saturated rings. The van der Waals surface area contributed by atoms with Crippen molar-refractivity contribution in [3.63, 3.8) is 0 Å². The van der Waals surface area contributed by atoms with Gasteiger partial charge in [-0.15, -0.1) is 0 Å². The van der Waals surface area contributed by atoms with Gasteiger partial charge in [-0.1, -0.05) is 24.3 Å². The summed E-state index contributed by atoms with van der Waals surface area (Å²) in [7, 11) is 1.38. The molecule has 4 rings (SSSR count). The molecular formula is C27H34O13. The van der Waals surface area contributed by atoms with Gasteiger partial charge in [-0.3, -0.25) is 0 Å². The molecule has 220 valence electrons. The summed E-state index contributed by atoms with van der Waals surface area (Å²) in [5, 5.41) is 80.6. The average Bonchev–Trinajstić information content (AvgIpc) is 2.92. The molecule has 10 unspecified atom stereocenters. The fraction of sp³-hybridized carbons (Fsp3) is 0.481. The lowest BCUT2D eigenvalue weighted by molar-refractivity contribution is -0.352. The lowest BCUT2D eigenvalue weighted by atomic mass is 9.97. The van der Waals surface area contributed by atoms with E-state index in [-0.39, 0.29) is 18.1 Å². The molecule has 0 saturated carbocycles. The Morgan fingerprint density at radius 1 is 0.725 bits per heavy atom. The van der Waals surface area contributed by atoms with Gasteiger partial charge >= 0.3 is 0 Å². The maximum absolute atomic E-state index is 10.9. The van der Waals surface area contributed by atoms with E-state index in [4.69, 9.17) is 23.7 Å². The number of phenols is 2. The monoisotopic (exact) mass is 566 g/mol. The molecule has 13 nitrogen and oxygen atoms in total. The largest absolute Gasteiger partial charge is 0.508 e. The van der Waals surface area contributed by atoms with Crippen molar-refractivity contribution < 1.29 is 64.5 Å². The standard InChI is InChI=1S/C27H34O13/c1-36-12-19-25(40-27-23(34)21(32)20(31)18(11-28)38-27)22(33)24(35)26(39-19)37-17-6-4-13(5-7-17)2-3-14-8-15(29)10-16(30)9-14/h2-10,18-35H,11-12H2,1H3/b3-2+. The highest BCUT2D eigenvalue weighted by Gasteiger charge is 2.51. The molecule has 10 atom stereocenters. The summed E-state index contributed by atoms with van der Waals surface area (Å²) in [6.45, 7) is -0.775. The molecule has 0 amide bonds. The molecule has 2 aliphatic heterocycles. The Morgan fingerprint density at radius 2 is 1.32 bits per heavy atom. The summed E-state index contributed by atoms with van der Waals surface area (Å²) in [5.41, 5.74) is 1.36. The van der Waals surface area contributed by atoms with Crippen LogP contribution in [0.5, 0.6) is 17.2 Å². The van der Waals surface area contributed by atoms with Crippen LogP contribution in [0.1, 0.15) is 11.1 Å². The summed E-state index contributed by atoms with van der Waals surface area (Å²) in [4.78, 5) is 0. The van der Waals surface area contributed by atoms with Crippen molar-refractivity contribution in [2.24, 2.45) is 0 Å². The molecule has 2 saturated heterocycles. The van der Waals surface area contributed by atoms with Crippen LogP contribution in [0.25, 0.3) is 12.2 Å². The number of aliphatic hydroxyl groups is 6. The van der Waals surface area contributed by atoms with E-state index in [1.54, 1.807) is 36.4 Å². The second kappa shape index (κ2) is 13.2. The third-order valence-electron chi connectivity index (χ3n) is 6.64. The van der Waals surface area contributed by atoms with Crippen molar-refractivity contribution in [1.29, 1.82) is 0 Å². The molecule has 2 aromatic carbocycles. The van der Waals surface area contributed by atoms with E-state index in [0.29, 0.717) is 11.3 Å².